The zero-order chi connectivity index (χ0) is 12.8. The van der Waals surface area contributed by atoms with Crippen molar-refractivity contribution in [3.63, 3.8) is 0 Å². The topological polar surface area (TPSA) is 38.4 Å². The third-order valence-corrected chi connectivity index (χ3v) is 1.59. The minimum Gasteiger partial charge on any atom is -0.397 e. The first kappa shape index (κ1) is 16.8. The van der Waals surface area contributed by atoms with Crippen molar-refractivity contribution in [3.05, 3.63) is 48.9 Å². The third-order valence-electron chi connectivity index (χ3n) is 1.59. The minimum absolute atomic E-state index is 0.645. The summed E-state index contributed by atoms with van der Waals surface area (Å²) in [6.07, 6.45) is 11.7. The summed E-state index contributed by atoms with van der Waals surface area (Å²) in [6.45, 7) is 11.6. The van der Waals surface area contributed by atoms with Gasteiger partial charge in [0.1, 0.15) is 0 Å². The van der Waals surface area contributed by atoms with Crippen LogP contribution < -0.4 is 5.73 Å². The van der Waals surface area contributed by atoms with E-state index >= 15 is 0 Å². The molecule has 0 aliphatic heterocycles. The van der Waals surface area contributed by atoms with Gasteiger partial charge in [-0.2, -0.15) is 0 Å². The van der Waals surface area contributed by atoms with Crippen LogP contribution in [0.15, 0.2) is 53.8 Å². The molecule has 0 aromatic heterocycles. The van der Waals surface area contributed by atoms with E-state index in [2.05, 4.69) is 18.5 Å². The lowest BCUT2D eigenvalue weighted by Gasteiger charge is -1.91. The lowest BCUT2D eigenvalue weighted by molar-refractivity contribution is 1.24. The Balaban J connectivity index is 0. The molecule has 0 aromatic rings. The largest absolute Gasteiger partial charge is 0.397 e. The van der Waals surface area contributed by atoms with Crippen LogP contribution in [0.5, 0.6) is 0 Å². The van der Waals surface area contributed by atoms with Crippen LogP contribution in [0.4, 0.5) is 0 Å². The van der Waals surface area contributed by atoms with Crippen molar-refractivity contribution in [2.45, 2.75) is 34.1 Å². The monoisotopic (exact) mass is 220 g/mol. The van der Waals surface area contributed by atoms with Gasteiger partial charge in [0.15, 0.2) is 0 Å². The molecule has 0 unspecified atom stereocenters. The van der Waals surface area contributed by atoms with Gasteiger partial charge in [0, 0.05) is 17.6 Å². The van der Waals surface area contributed by atoms with Crippen molar-refractivity contribution in [2.24, 2.45) is 10.7 Å². The maximum Gasteiger partial charge on any atom is 0.0500 e. The highest BCUT2D eigenvalue weighted by molar-refractivity contribution is 5.82. The molecule has 0 fully saturated rings. The summed E-state index contributed by atoms with van der Waals surface area (Å²) in [4.78, 5) is 4.18. The van der Waals surface area contributed by atoms with Crippen molar-refractivity contribution in [1.29, 1.82) is 0 Å². The lowest BCUT2D eigenvalue weighted by Crippen LogP contribution is -1.92. The highest BCUT2D eigenvalue weighted by Gasteiger charge is 1.82. The van der Waals surface area contributed by atoms with Crippen LogP contribution >= 0.6 is 0 Å². The second-order valence-corrected chi connectivity index (χ2v) is 2.83. The summed E-state index contributed by atoms with van der Waals surface area (Å²) >= 11 is 0. The number of allylic oxidation sites excluding steroid dienone is 5. The Morgan fingerprint density at radius 2 is 1.88 bits per heavy atom. The second kappa shape index (κ2) is 13.4. The van der Waals surface area contributed by atoms with Gasteiger partial charge in [-0.25, -0.2) is 0 Å². The molecule has 0 saturated carbocycles. The molecule has 90 valence electrons. The first-order valence-corrected chi connectivity index (χ1v) is 5.65. The zero-order valence-corrected chi connectivity index (χ0v) is 10.9. The fraction of sp³-hybridized carbons (Fsp3) is 0.357. The lowest BCUT2D eigenvalue weighted by atomic mass is 10.3. The average molecular weight is 220 g/mol. The molecular formula is C14H24N2. The molecular weight excluding hydrogens is 196 g/mol. The summed E-state index contributed by atoms with van der Waals surface area (Å²) in [7, 11) is 0. The van der Waals surface area contributed by atoms with E-state index in [9.17, 15) is 0 Å². The standard InChI is InChI=1S/C12H18N2.C2H6/c1-4-6-7-8-9-12(13)10-14-11(3)5-2;1-2/h4,6-10H,1,5,13H2,2-3H3;1-2H3/b7-6+,9-8-,12-10-,14-11?;. The molecule has 0 aliphatic carbocycles. The van der Waals surface area contributed by atoms with E-state index in [1.165, 1.54) is 0 Å². The Morgan fingerprint density at radius 1 is 1.25 bits per heavy atom. The van der Waals surface area contributed by atoms with E-state index in [1.807, 2.05) is 39.0 Å². The van der Waals surface area contributed by atoms with Gasteiger partial charge in [0.25, 0.3) is 0 Å². The highest BCUT2D eigenvalue weighted by Crippen LogP contribution is 1.92. The summed E-state index contributed by atoms with van der Waals surface area (Å²) < 4.78 is 0. The van der Waals surface area contributed by atoms with E-state index in [0.29, 0.717) is 5.70 Å². The van der Waals surface area contributed by atoms with Crippen LogP contribution in [0.3, 0.4) is 0 Å². The fourth-order valence-corrected chi connectivity index (χ4v) is 0.628. The minimum atomic E-state index is 0.645. The molecule has 0 aromatic carbocycles. The molecule has 0 rings (SSSR count). The van der Waals surface area contributed by atoms with Crippen molar-refractivity contribution in [1.82, 2.24) is 0 Å². The normalized spacial score (nSPS) is 12.8. The molecule has 0 heterocycles. The van der Waals surface area contributed by atoms with Gasteiger partial charge in [0.2, 0.25) is 0 Å². The van der Waals surface area contributed by atoms with Gasteiger partial charge in [-0.05, 0) is 19.4 Å². The van der Waals surface area contributed by atoms with Crippen LogP contribution in [0, 0.1) is 0 Å². The van der Waals surface area contributed by atoms with Gasteiger partial charge in [-0.1, -0.05) is 51.7 Å². The maximum atomic E-state index is 5.67. The Hall–Kier alpha value is -1.57. The summed E-state index contributed by atoms with van der Waals surface area (Å²) in [5.74, 6) is 0. The van der Waals surface area contributed by atoms with Crippen LogP contribution in [0.2, 0.25) is 0 Å². The van der Waals surface area contributed by atoms with Gasteiger partial charge >= 0.3 is 0 Å². The van der Waals surface area contributed by atoms with E-state index in [0.717, 1.165) is 12.1 Å². The van der Waals surface area contributed by atoms with Gasteiger partial charge in [-0.15, -0.1) is 0 Å². The Morgan fingerprint density at radius 3 is 2.38 bits per heavy atom. The average Bonchev–Trinajstić information content (AvgIpc) is 2.34. The van der Waals surface area contributed by atoms with Crippen molar-refractivity contribution < 1.29 is 0 Å². The highest BCUT2D eigenvalue weighted by atomic mass is 14.7. The molecule has 0 atom stereocenters. The number of nitrogens with two attached hydrogens (primary N) is 1. The first-order chi connectivity index (χ1) is 7.70. The summed E-state index contributed by atoms with van der Waals surface area (Å²) in [5, 5.41) is 0. The van der Waals surface area contributed by atoms with E-state index < -0.39 is 0 Å². The van der Waals surface area contributed by atoms with Crippen LogP contribution in [0.1, 0.15) is 34.1 Å². The smallest absolute Gasteiger partial charge is 0.0500 e. The maximum absolute atomic E-state index is 5.67. The first-order valence-electron chi connectivity index (χ1n) is 5.65. The summed E-state index contributed by atoms with van der Waals surface area (Å²) in [5.41, 5.74) is 7.38. The molecule has 16 heavy (non-hydrogen) atoms. The summed E-state index contributed by atoms with van der Waals surface area (Å²) in [6, 6.07) is 0. The van der Waals surface area contributed by atoms with Gasteiger partial charge < -0.3 is 5.73 Å². The molecule has 0 bridgehead atoms. The Bertz CT molecular complexity index is 281. The molecule has 2 N–H and O–H groups in total. The Kier molecular flexibility index (Phi) is 14.1. The molecule has 0 saturated heterocycles. The van der Waals surface area contributed by atoms with Crippen molar-refractivity contribution in [2.75, 3.05) is 0 Å². The molecule has 2 heteroatoms. The van der Waals surface area contributed by atoms with E-state index in [-0.39, 0.29) is 0 Å². The number of hydrogen-bond acceptors (Lipinski definition) is 2. The SMILES string of the molecule is C=C/C=C/C=C\C(N)=C\N=C(C)CC.CC. The molecule has 2 nitrogen and oxygen atoms in total. The molecule has 0 aliphatic rings. The molecule has 0 spiro atoms. The van der Waals surface area contributed by atoms with E-state index in [4.69, 9.17) is 5.73 Å². The number of hydrogen-bond donors (Lipinski definition) is 1. The number of nitrogens with zero attached hydrogens (tertiary/aromatic N) is 1. The van der Waals surface area contributed by atoms with Gasteiger partial charge in [-0.3, -0.25) is 4.99 Å². The van der Waals surface area contributed by atoms with Crippen LogP contribution in [0.25, 0.3) is 0 Å². The van der Waals surface area contributed by atoms with Crippen molar-refractivity contribution >= 4 is 5.71 Å². The Labute approximate surface area is 100.0 Å². The number of aliphatic imine (C=N–C) groups is 1. The van der Waals surface area contributed by atoms with Crippen molar-refractivity contribution in [3.8, 4) is 0 Å². The predicted octanol–water partition coefficient (Wildman–Crippen LogP) is 3.98. The number of rotatable bonds is 5. The zero-order valence-electron chi connectivity index (χ0n) is 10.9. The second-order valence-electron chi connectivity index (χ2n) is 2.83. The quantitative estimate of drug-likeness (QED) is 0.552. The third kappa shape index (κ3) is 12.4. The van der Waals surface area contributed by atoms with Crippen LogP contribution in [-0.4, -0.2) is 5.71 Å². The van der Waals surface area contributed by atoms with E-state index in [1.54, 1.807) is 18.4 Å². The predicted molar refractivity (Wildman–Crippen MR) is 75.5 cm³/mol. The van der Waals surface area contributed by atoms with Crippen LogP contribution in [-0.2, 0) is 0 Å². The van der Waals surface area contributed by atoms with Gasteiger partial charge in [0.05, 0.1) is 0 Å². The molecule has 0 radical (unpaired) electrons. The molecule has 0 amide bonds. The fourth-order valence-electron chi connectivity index (χ4n) is 0.628.